The number of hydrogen-bond donors (Lipinski definition) is 1. The maximum atomic E-state index is 5.44. The van der Waals surface area contributed by atoms with Crippen LogP contribution in [0.2, 0.25) is 0 Å². The molecule has 0 radical (unpaired) electrons. The fraction of sp³-hybridized carbons (Fsp3) is 0.842. The summed E-state index contributed by atoms with van der Waals surface area (Å²) in [5.41, 5.74) is 0. The Labute approximate surface area is 187 Å². The summed E-state index contributed by atoms with van der Waals surface area (Å²) in [6.07, 6.45) is 3.52. The minimum atomic E-state index is 0. The molecule has 1 aliphatic rings. The fourth-order valence-electron chi connectivity index (χ4n) is 3.49. The molecule has 1 fully saturated rings. The average molecular weight is 507 g/mol. The molecular weight excluding hydrogens is 469 g/mol. The molecule has 1 saturated heterocycles. The Balaban J connectivity index is 0.00000392. The summed E-state index contributed by atoms with van der Waals surface area (Å²) in [7, 11) is 4.11. The van der Waals surface area contributed by atoms with E-state index in [-0.39, 0.29) is 24.0 Å². The molecule has 28 heavy (non-hydrogen) atoms. The second kappa shape index (κ2) is 13.3. The van der Waals surface area contributed by atoms with Gasteiger partial charge in [0, 0.05) is 46.4 Å². The minimum Gasteiger partial charge on any atom is -0.382 e. The monoisotopic (exact) mass is 507 g/mol. The fourth-order valence-corrected chi connectivity index (χ4v) is 3.49. The second-order valence-corrected chi connectivity index (χ2v) is 7.14. The minimum absolute atomic E-state index is 0. The number of likely N-dealkylation sites (tertiary alicyclic amines) is 1. The van der Waals surface area contributed by atoms with E-state index in [0.717, 1.165) is 56.9 Å². The number of hydrogen-bond acceptors (Lipinski definition) is 5. The van der Waals surface area contributed by atoms with E-state index in [1.165, 1.54) is 19.4 Å². The van der Waals surface area contributed by atoms with Crippen molar-refractivity contribution >= 4 is 29.9 Å². The standard InChI is InChI=1S/C19H37N7O.HI/c1-6-26-12-8-10-17(26)15-24(4)19(20-11-9-13-27-7-2)21-14-18-23-22-16(3)25(18)5;/h17H,6-15H2,1-5H3,(H,20,21);1H. The van der Waals surface area contributed by atoms with Crippen LogP contribution in [0, 0.1) is 6.92 Å². The van der Waals surface area contributed by atoms with E-state index in [9.17, 15) is 0 Å². The molecule has 2 heterocycles. The first-order valence-corrected chi connectivity index (χ1v) is 10.2. The van der Waals surface area contributed by atoms with Crippen molar-refractivity contribution in [1.82, 2.24) is 29.9 Å². The zero-order valence-electron chi connectivity index (χ0n) is 18.1. The number of guanidine groups is 1. The highest BCUT2D eigenvalue weighted by Gasteiger charge is 2.25. The number of halogens is 1. The lowest BCUT2D eigenvalue weighted by Gasteiger charge is -2.30. The van der Waals surface area contributed by atoms with Crippen molar-refractivity contribution in [3.63, 3.8) is 0 Å². The number of ether oxygens (including phenoxy) is 1. The van der Waals surface area contributed by atoms with E-state index < -0.39 is 0 Å². The molecule has 162 valence electrons. The van der Waals surface area contributed by atoms with Crippen molar-refractivity contribution in [2.45, 2.75) is 52.6 Å². The molecule has 1 N–H and O–H groups in total. The highest BCUT2D eigenvalue weighted by Crippen LogP contribution is 2.17. The Bertz CT molecular complexity index is 593. The second-order valence-electron chi connectivity index (χ2n) is 7.14. The zero-order valence-corrected chi connectivity index (χ0v) is 20.5. The summed E-state index contributed by atoms with van der Waals surface area (Å²) in [6, 6.07) is 0.604. The number of aliphatic imine (C=N–C) groups is 1. The van der Waals surface area contributed by atoms with Gasteiger partial charge < -0.3 is 19.5 Å². The molecule has 1 aromatic rings. The van der Waals surface area contributed by atoms with Gasteiger partial charge >= 0.3 is 0 Å². The third-order valence-electron chi connectivity index (χ3n) is 5.26. The number of aryl methyl sites for hydroxylation is 1. The van der Waals surface area contributed by atoms with Crippen LogP contribution in [0.5, 0.6) is 0 Å². The molecule has 1 aromatic heterocycles. The largest absolute Gasteiger partial charge is 0.382 e. The van der Waals surface area contributed by atoms with Crippen LogP contribution in [0.1, 0.15) is 44.8 Å². The van der Waals surface area contributed by atoms with Crippen LogP contribution in [-0.2, 0) is 18.3 Å². The zero-order chi connectivity index (χ0) is 19.6. The molecule has 9 heteroatoms. The lowest BCUT2D eigenvalue weighted by molar-refractivity contribution is 0.145. The van der Waals surface area contributed by atoms with Gasteiger partial charge in [-0.05, 0) is 46.2 Å². The Morgan fingerprint density at radius 3 is 2.79 bits per heavy atom. The van der Waals surface area contributed by atoms with Crippen LogP contribution in [0.3, 0.4) is 0 Å². The van der Waals surface area contributed by atoms with Crippen LogP contribution in [0.25, 0.3) is 0 Å². The van der Waals surface area contributed by atoms with E-state index in [2.05, 4.69) is 39.3 Å². The van der Waals surface area contributed by atoms with E-state index in [0.29, 0.717) is 12.6 Å². The number of aromatic nitrogens is 3. The molecule has 0 saturated carbocycles. The van der Waals surface area contributed by atoms with Gasteiger partial charge in [0.25, 0.3) is 0 Å². The number of nitrogens with one attached hydrogen (secondary N) is 1. The molecule has 0 amide bonds. The van der Waals surface area contributed by atoms with Gasteiger partial charge in [0.2, 0.25) is 0 Å². The lowest BCUT2D eigenvalue weighted by Crippen LogP contribution is -2.46. The Morgan fingerprint density at radius 2 is 2.14 bits per heavy atom. The quantitative estimate of drug-likeness (QED) is 0.226. The summed E-state index contributed by atoms with van der Waals surface area (Å²) < 4.78 is 7.43. The van der Waals surface area contributed by atoms with Crippen LogP contribution < -0.4 is 5.32 Å². The average Bonchev–Trinajstić information content (AvgIpc) is 3.24. The first kappa shape index (κ1) is 25.1. The molecular formula is C19H38IN7O. The van der Waals surface area contributed by atoms with Crippen LogP contribution >= 0.6 is 24.0 Å². The molecule has 0 aliphatic carbocycles. The highest BCUT2D eigenvalue weighted by molar-refractivity contribution is 14.0. The van der Waals surface area contributed by atoms with Crippen molar-refractivity contribution < 1.29 is 4.74 Å². The maximum Gasteiger partial charge on any atom is 0.194 e. The summed E-state index contributed by atoms with van der Waals surface area (Å²) in [4.78, 5) is 9.64. The molecule has 0 spiro atoms. The van der Waals surface area contributed by atoms with Gasteiger partial charge in [0.1, 0.15) is 12.4 Å². The van der Waals surface area contributed by atoms with Crippen molar-refractivity contribution in [3.05, 3.63) is 11.6 Å². The molecule has 0 aromatic carbocycles. The van der Waals surface area contributed by atoms with Crippen molar-refractivity contribution in [1.29, 1.82) is 0 Å². The normalized spacial score (nSPS) is 17.6. The predicted octanol–water partition coefficient (Wildman–Crippen LogP) is 2.03. The van der Waals surface area contributed by atoms with E-state index >= 15 is 0 Å². The summed E-state index contributed by atoms with van der Waals surface area (Å²) in [5, 5.41) is 11.9. The Morgan fingerprint density at radius 1 is 1.36 bits per heavy atom. The van der Waals surface area contributed by atoms with Crippen molar-refractivity contribution in [2.75, 3.05) is 46.4 Å². The van der Waals surface area contributed by atoms with Gasteiger partial charge in [0.15, 0.2) is 11.8 Å². The van der Waals surface area contributed by atoms with Gasteiger partial charge in [-0.3, -0.25) is 4.90 Å². The summed E-state index contributed by atoms with van der Waals surface area (Å²) in [6.45, 7) is 12.5. The maximum absolute atomic E-state index is 5.44. The van der Waals surface area contributed by atoms with Crippen LogP contribution in [0.4, 0.5) is 0 Å². The summed E-state index contributed by atoms with van der Waals surface area (Å²) in [5.74, 6) is 2.71. The van der Waals surface area contributed by atoms with Crippen molar-refractivity contribution in [3.8, 4) is 0 Å². The van der Waals surface area contributed by atoms with Gasteiger partial charge in [-0.15, -0.1) is 34.2 Å². The SMILES string of the molecule is CCOCCCNC(=NCc1nnc(C)n1C)N(C)CC1CCCN1CC.I. The topological polar surface area (TPSA) is 70.8 Å². The van der Waals surface area contributed by atoms with Crippen molar-refractivity contribution in [2.24, 2.45) is 12.0 Å². The lowest BCUT2D eigenvalue weighted by atomic mass is 10.2. The van der Waals surface area contributed by atoms with E-state index in [1.807, 2.05) is 25.5 Å². The number of nitrogens with zero attached hydrogens (tertiary/aromatic N) is 6. The molecule has 1 unspecified atom stereocenters. The molecule has 8 nitrogen and oxygen atoms in total. The van der Waals surface area contributed by atoms with Gasteiger partial charge in [-0.2, -0.15) is 0 Å². The number of likely N-dealkylation sites (N-methyl/N-ethyl adjacent to an activating group) is 2. The Hall–Kier alpha value is -0.940. The van der Waals surface area contributed by atoms with Gasteiger partial charge in [-0.25, -0.2) is 4.99 Å². The first-order chi connectivity index (χ1) is 13.1. The van der Waals surface area contributed by atoms with Crippen LogP contribution in [0.15, 0.2) is 4.99 Å². The Kier molecular flexibility index (Phi) is 11.9. The molecule has 0 bridgehead atoms. The first-order valence-electron chi connectivity index (χ1n) is 10.2. The smallest absolute Gasteiger partial charge is 0.194 e. The number of rotatable bonds is 10. The van der Waals surface area contributed by atoms with Gasteiger partial charge in [0.05, 0.1) is 0 Å². The molecule has 2 rings (SSSR count). The predicted molar refractivity (Wildman–Crippen MR) is 124 cm³/mol. The third kappa shape index (κ3) is 7.47. The summed E-state index contributed by atoms with van der Waals surface area (Å²) >= 11 is 0. The van der Waals surface area contributed by atoms with Crippen LogP contribution in [-0.4, -0.2) is 83.0 Å². The molecule has 1 aliphatic heterocycles. The highest BCUT2D eigenvalue weighted by atomic mass is 127. The third-order valence-corrected chi connectivity index (χ3v) is 5.26. The van der Waals surface area contributed by atoms with E-state index in [1.54, 1.807) is 0 Å². The van der Waals surface area contributed by atoms with E-state index in [4.69, 9.17) is 9.73 Å². The molecule has 1 atom stereocenters. The van der Waals surface area contributed by atoms with Gasteiger partial charge in [-0.1, -0.05) is 6.92 Å².